The standard InChI is InChI=1S/C18H13FN4O2/c19-13-4-1-11(2-5-13)10-22-16-9-12(17(20)24)3-6-14(16)23-15(18(22)25)7-8-21-23/h1-9H,10H2,(H2,20,24). The van der Waals surface area contributed by atoms with Crippen LogP contribution >= 0.6 is 0 Å². The lowest BCUT2D eigenvalue weighted by molar-refractivity contribution is 0.100. The summed E-state index contributed by atoms with van der Waals surface area (Å²) in [7, 11) is 0. The number of nitrogens with zero attached hydrogens (tertiary/aromatic N) is 3. The van der Waals surface area contributed by atoms with Crippen molar-refractivity contribution in [1.82, 2.24) is 14.2 Å². The molecule has 0 saturated carbocycles. The first kappa shape index (κ1) is 15.1. The Balaban J connectivity index is 2.02. The van der Waals surface area contributed by atoms with Crippen LogP contribution in [0.2, 0.25) is 0 Å². The molecular formula is C18H13FN4O2. The molecule has 2 heterocycles. The van der Waals surface area contributed by atoms with Crippen molar-refractivity contribution in [2.24, 2.45) is 5.73 Å². The topological polar surface area (TPSA) is 82.4 Å². The van der Waals surface area contributed by atoms with Gasteiger partial charge in [-0.2, -0.15) is 5.10 Å². The van der Waals surface area contributed by atoms with Gasteiger partial charge in [-0.05, 0) is 42.0 Å². The first-order valence-corrected chi connectivity index (χ1v) is 7.59. The summed E-state index contributed by atoms with van der Waals surface area (Å²) in [6, 6.07) is 12.4. The minimum atomic E-state index is -0.580. The zero-order chi connectivity index (χ0) is 17.6. The van der Waals surface area contributed by atoms with Gasteiger partial charge in [-0.25, -0.2) is 8.91 Å². The van der Waals surface area contributed by atoms with E-state index in [4.69, 9.17) is 5.73 Å². The zero-order valence-corrected chi connectivity index (χ0v) is 13.0. The molecule has 0 radical (unpaired) electrons. The molecule has 25 heavy (non-hydrogen) atoms. The number of halogens is 1. The third-order valence-corrected chi connectivity index (χ3v) is 4.14. The molecule has 0 unspecified atom stereocenters. The second-order valence-corrected chi connectivity index (χ2v) is 5.71. The fraction of sp³-hybridized carbons (Fsp3) is 0.0556. The Morgan fingerprint density at radius 2 is 1.80 bits per heavy atom. The number of primary amides is 1. The van der Waals surface area contributed by atoms with E-state index in [1.165, 1.54) is 21.2 Å². The highest BCUT2D eigenvalue weighted by atomic mass is 19.1. The van der Waals surface area contributed by atoms with Crippen LogP contribution in [-0.2, 0) is 6.54 Å². The van der Waals surface area contributed by atoms with Crippen LogP contribution in [0.25, 0.3) is 16.6 Å². The Bertz CT molecular complexity index is 1180. The summed E-state index contributed by atoms with van der Waals surface area (Å²) in [5, 5.41) is 4.18. The van der Waals surface area contributed by atoms with E-state index >= 15 is 0 Å². The molecule has 0 saturated heterocycles. The SMILES string of the molecule is NC(=O)c1ccc2c(c1)n(Cc1ccc(F)cc1)c(=O)c1ccnn12. The van der Waals surface area contributed by atoms with Gasteiger partial charge in [0.15, 0.2) is 0 Å². The quantitative estimate of drug-likeness (QED) is 0.621. The van der Waals surface area contributed by atoms with Gasteiger partial charge in [0.2, 0.25) is 5.91 Å². The summed E-state index contributed by atoms with van der Waals surface area (Å²) >= 11 is 0. The maximum absolute atomic E-state index is 13.1. The summed E-state index contributed by atoms with van der Waals surface area (Å²) in [5.74, 6) is -0.925. The van der Waals surface area contributed by atoms with E-state index in [0.717, 1.165) is 5.56 Å². The fourth-order valence-electron chi connectivity index (χ4n) is 2.91. The van der Waals surface area contributed by atoms with Crippen LogP contribution in [0.1, 0.15) is 15.9 Å². The van der Waals surface area contributed by atoms with Crippen LogP contribution < -0.4 is 11.3 Å². The van der Waals surface area contributed by atoms with Crippen LogP contribution in [0.5, 0.6) is 0 Å². The first-order chi connectivity index (χ1) is 12.0. The highest BCUT2D eigenvalue weighted by molar-refractivity contribution is 5.96. The van der Waals surface area contributed by atoms with Crippen LogP contribution in [0.15, 0.2) is 59.5 Å². The van der Waals surface area contributed by atoms with Crippen LogP contribution in [0.4, 0.5) is 4.39 Å². The first-order valence-electron chi connectivity index (χ1n) is 7.59. The second kappa shape index (κ2) is 5.55. The molecule has 0 fully saturated rings. The van der Waals surface area contributed by atoms with Crippen molar-refractivity contribution in [3.63, 3.8) is 0 Å². The number of benzene rings is 2. The summed E-state index contributed by atoms with van der Waals surface area (Å²) in [6.07, 6.45) is 1.54. The highest BCUT2D eigenvalue weighted by Crippen LogP contribution is 2.17. The van der Waals surface area contributed by atoms with E-state index in [1.54, 1.807) is 42.6 Å². The number of hydrogen-bond donors (Lipinski definition) is 1. The van der Waals surface area contributed by atoms with Gasteiger partial charge in [0.05, 0.1) is 23.8 Å². The van der Waals surface area contributed by atoms with Gasteiger partial charge in [0.25, 0.3) is 5.56 Å². The average Bonchev–Trinajstić information content (AvgIpc) is 3.10. The van der Waals surface area contributed by atoms with E-state index in [0.29, 0.717) is 22.1 Å². The average molecular weight is 336 g/mol. The number of aromatic nitrogens is 3. The molecule has 0 aliphatic carbocycles. The largest absolute Gasteiger partial charge is 0.366 e. The predicted octanol–water partition coefficient (Wildman–Crippen LogP) is 1.94. The molecule has 6 nitrogen and oxygen atoms in total. The molecule has 2 aromatic carbocycles. The lowest BCUT2D eigenvalue weighted by Gasteiger charge is -2.13. The minimum Gasteiger partial charge on any atom is -0.366 e. The molecule has 124 valence electrons. The molecular weight excluding hydrogens is 323 g/mol. The van der Waals surface area contributed by atoms with Gasteiger partial charge in [0.1, 0.15) is 11.3 Å². The van der Waals surface area contributed by atoms with Crippen molar-refractivity contribution in [2.75, 3.05) is 0 Å². The van der Waals surface area contributed by atoms with Crippen molar-refractivity contribution in [2.45, 2.75) is 6.54 Å². The molecule has 0 aliphatic rings. The third-order valence-electron chi connectivity index (χ3n) is 4.14. The molecule has 2 N–H and O–H groups in total. The summed E-state index contributed by atoms with van der Waals surface area (Å²) in [4.78, 5) is 24.4. The monoisotopic (exact) mass is 336 g/mol. The molecule has 2 aromatic heterocycles. The van der Waals surface area contributed by atoms with Crippen molar-refractivity contribution >= 4 is 22.5 Å². The number of carbonyl (C=O) groups is 1. The Morgan fingerprint density at radius 1 is 1.04 bits per heavy atom. The van der Waals surface area contributed by atoms with E-state index in [9.17, 15) is 14.0 Å². The van der Waals surface area contributed by atoms with E-state index in [1.807, 2.05) is 0 Å². The van der Waals surface area contributed by atoms with Crippen LogP contribution in [0.3, 0.4) is 0 Å². The van der Waals surface area contributed by atoms with Crippen LogP contribution in [-0.4, -0.2) is 20.1 Å². The van der Waals surface area contributed by atoms with E-state index in [-0.39, 0.29) is 17.9 Å². The van der Waals surface area contributed by atoms with E-state index < -0.39 is 5.91 Å². The van der Waals surface area contributed by atoms with Crippen LogP contribution in [0, 0.1) is 5.82 Å². The lowest BCUT2D eigenvalue weighted by Crippen LogP contribution is -2.24. The van der Waals surface area contributed by atoms with Crippen molar-refractivity contribution in [3.05, 3.63) is 82.0 Å². The molecule has 0 aliphatic heterocycles. The number of carbonyl (C=O) groups excluding carboxylic acids is 1. The molecule has 0 atom stereocenters. The minimum absolute atomic E-state index is 0.236. The van der Waals surface area contributed by atoms with Crippen molar-refractivity contribution < 1.29 is 9.18 Å². The molecule has 4 aromatic rings. The Labute approximate surface area is 140 Å². The normalized spacial score (nSPS) is 11.2. The van der Waals surface area contributed by atoms with Crippen molar-refractivity contribution in [1.29, 1.82) is 0 Å². The molecule has 1 amide bonds. The van der Waals surface area contributed by atoms with Gasteiger partial charge in [-0.15, -0.1) is 0 Å². The Kier molecular flexibility index (Phi) is 3.35. The van der Waals surface area contributed by atoms with Gasteiger partial charge >= 0.3 is 0 Å². The number of rotatable bonds is 3. The number of fused-ring (bicyclic) bond motifs is 3. The smallest absolute Gasteiger partial charge is 0.277 e. The predicted molar refractivity (Wildman–Crippen MR) is 91.0 cm³/mol. The Hall–Kier alpha value is -3.48. The molecule has 0 spiro atoms. The lowest BCUT2D eigenvalue weighted by atomic mass is 10.1. The number of amides is 1. The third kappa shape index (κ3) is 2.46. The van der Waals surface area contributed by atoms with E-state index in [2.05, 4.69) is 5.10 Å². The molecule has 7 heteroatoms. The van der Waals surface area contributed by atoms with Crippen molar-refractivity contribution in [3.8, 4) is 0 Å². The van der Waals surface area contributed by atoms with Gasteiger partial charge in [-0.1, -0.05) is 12.1 Å². The summed E-state index contributed by atoms with van der Waals surface area (Å²) in [6.45, 7) is 0.236. The number of nitrogens with two attached hydrogens (primary N) is 1. The highest BCUT2D eigenvalue weighted by Gasteiger charge is 2.13. The summed E-state index contributed by atoms with van der Waals surface area (Å²) < 4.78 is 16.2. The van der Waals surface area contributed by atoms with Gasteiger partial charge < -0.3 is 10.3 Å². The Morgan fingerprint density at radius 3 is 2.52 bits per heavy atom. The maximum atomic E-state index is 13.1. The summed E-state index contributed by atoms with van der Waals surface area (Å²) in [5.41, 5.74) is 7.79. The van der Waals surface area contributed by atoms with Gasteiger partial charge in [-0.3, -0.25) is 9.59 Å². The molecule has 4 rings (SSSR count). The number of hydrogen-bond acceptors (Lipinski definition) is 3. The fourth-order valence-corrected chi connectivity index (χ4v) is 2.91. The second-order valence-electron chi connectivity index (χ2n) is 5.71. The van der Waals surface area contributed by atoms with Gasteiger partial charge in [0, 0.05) is 5.56 Å². The maximum Gasteiger partial charge on any atom is 0.277 e. The zero-order valence-electron chi connectivity index (χ0n) is 13.0. The molecule has 0 bridgehead atoms.